The van der Waals surface area contributed by atoms with Crippen LogP contribution in [-0.2, 0) is 10.0 Å². The maximum atomic E-state index is 13.0. The highest BCUT2D eigenvalue weighted by Crippen LogP contribution is 2.32. The molecule has 29 heavy (non-hydrogen) atoms. The van der Waals surface area contributed by atoms with Crippen molar-refractivity contribution in [2.45, 2.75) is 18.2 Å². The third kappa shape index (κ3) is 3.97. The van der Waals surface area contributed by atoms with Gasteiger partial charge in [-0.25, -0.2) is 8.42 Å². The first kappa shape index (κ1) is 20.5. The summed E-state index contributed by atoms with van der Waals surface area (Å²) in [5, 5.41) is 0.534. The number of hydrogen-bond donors (Lipinski definition) is 1. The van der Waals surface area contributed by atoms with Gasteiger partial charge in [0, 0.05) is 23.6 Å². The molecule has 1 aromatic heterocycles. The Morgan fingerprint density at radius 1 is 1.17 bits per heavy atom. The molecule has 0 fully saturated rings. The zero-order valence-electron chi connectivity index (χ0n) is 16.3. The lowest BCUT2D eigenvalue weighted by atomic mass is 10.0. The smallest absolute Gasteiger partial charge is 0.265 e. The van der Waals surface area contributed by atoms with E-state index in [9.17, 15) is 13.2 Å². The summed E-state index contributed by atoms with van der Waals surface area (Å²) < 4.78 is 44.4. The van der Waals surface area contributed by atoms with Crippen LogP contribution in [0.15, 0.2) is 58.4 Å². The van der Waals surface area contributed by atoms with E-state index in [4.69, 9.17) is 13.9 Å². The average molecular weight is 415 g/mol. The number of carbonyl (C=O) groups excluding carboxylic acids is 1. The maximum absolute atomic E-state index is 13.0. The number of fused-ring (bicyclic) bond motifs is 1. The van der Waals surface area contributed by atoms with Gasteiger partial charge in [-0.2, -0.15) is 0 Å². The van der Waals surface area contributed by atoms with Crippen molar-refractivity contribution in [3.8, 4) is 11.5 Å². The maximum Gasteiger partial charge on any atom is 0.265 e. The Balaban J connectivity index is 2.05. The van der Waals surface area contributed by atoms with Crippen LogP contribution in [0.2, 0.25) is 0 Å². The molecular formula is C21H21NO6S. The number of Topliss-reactive ketones (excluding diaryl/α,β-unsaturated/α-hetero) is 1. The van der Waals surface area contributed by atoms with E-state index in [2.05, 4.69) is 11.3 Å². The summed E-state index contributed by atoms with van der Waals surface area (Å²) in [4.78, 5) is 12.3. The largest absolute Gasteiger partial charge is 0.497 e. The van der Waals surface area contributed by atoms with Crippen LogP contribution in [-0.4, -0.2) is 28.4 Å². The normalized spacial score (nSPS) is 11.3. The van der Waals surface area contributed by atoms with E-state index in [1.807, 2.05) is 0 Å². The molecule has 3 rings (SSSR count). The number of sulfonamides is 1. The second-order valence-electron chi connectivity index (χ2n) is 6.28. The highest BCUT2D eigenvalue weighted by molar-refractivity contribution is 7.92. The lowest BCUT2D eigenvalue weighted by molar-refractivity contribution is 0.0996. The summed E-state index contributed by atoms with van der Waals surface area (Å²) in [6.45, 7) is 5.28. The lowest BCUT2D eigenvalue weighted by Gasteiger charge is -2.13. The monoisotopic (exact) mass is 415 g/mol. The molecule has 0 amide bonds. The summed E-state index contributed by atoms with van der Waals surface area (Å²) in [6.07, 6.45) is 1.68. The van der Waals surface area contributed by atoms with Gasteiger partial charge >= 0.3 is 0 Å². The Morgan fingerprint density at radius 3 is 2.59 bits per heavy atom. The minimum atomic E-state index is -3.98. The Labute approximate surface area is 169 Å². The van der Waals surface area contributed by atoms with Crippen LogP contribution in [0.4, 0.5) is 5.69 Å². The SMILES string of the molecule is C=CCC(=O)c1c(C)oc2ccc(NS(=O)(=O)c3cc(OC)ccc3OC)cc12. The number of carbonyl (C=O) groups is 1. The van der Waals surface area contributed by atoms with E-state index in [1.165, 1.54) is 32.4 Å². The summed E-state index contributed by atoms with van der Waals surface area (Å²) in [7, 11) is -1.15. The van der Waals surface area contributed by atoms with Crippen LogP contribution < -0.4 is 14.2 Å². The number of allylic oxidation sites excluding steroid dienone is 1. The third-order valence-corrected chi connectivity index (χ3v) is 5.79. The topological polar surface area (TPSA) is 94.8 Å². The number of furan rings is 1. The van der Waals surface area contributed by atoms with E-state index in [0.717, 1.165) is 0 Å². The molecule has 3 aromatic rings. The fourth-order valence-electron chi connectivity index (χ4n) is 3.07. The summed E-state index contributed by atoms with van der Waals surface area (Å²) >= 11 is 0. The van der Waals surface area contributed by atoms with Gasteiger partial charge in [0.1, 0.15) is 27.7 Å². The van der Waals surface area contributed by atoms with Crippen molar-refractivity contribution in [1.82, 2.24) is 0 Å². The second kappa shape index (κ2) is 8.00. The van der Waals surface area contributed by atoms with Crippen molar-refractivity contribution in [1.29, 1.82) is 0 Å². The van der Waals surface area contributed by atoms with Gasteiger partial charge in [-0.05, 0) is 37.3 Å². The molecule has 0 saturated heterocycles. The molecule has 1 heterocycles. The fraction of sp³-hybridized carbons (Fsp3) is 0.190. The van der Waals surface area contributed by atoms with E-state index in [0.29, 0.717) is 28.0 Å². The van der Waals surface area contributed by atoms with Crippen LogP contribution in [0, 0.1) is 6.92 Å². The number of ether oxygens (including phenoxy) is 2. The van der Waals surface area contributed by atoms with Crippen molar-refractivity contribution in [3.05, 3.63) is 60.4 Å². The van der Waals surface area contributed by atoms with Gasteiger partial charge in [0.2, 0.25) is 0 Å². The van der Waals surface area contributed by atoms with Gasteiger partial charge in [-0.3, -0.25) is 9.52 Å². The standard InChI is InChI=1S/C21H21NO6S/c1-5-6-17(23)21-13(2)28-18-9-7-14(11-16(18)21)22-29(24,25)20-12-15(26-3)8-10-19(20)27-4/h5,7-12,22H,1,6H2,2-4H3. The summed E-state index contributed by atoms with van der Waals surface area (Å²) in [6, 6.07) is 9.26. The molecule has 0 aliphatic rings. The molecule has 2 aromatic carbocycles. The lowest BCUT2D eigenvalue weighted by Crippen LogP contribution is -2.14. The number of methoxy groups -OCH3 is 2. The fourth-order valence-corrected chi connectivity index (χ4v) is 4.30. The van der Waals surface area contributed by atoms with Crippen molar-refractivity contribution in [2.75, 3.05) is 18.9 Å². The van der Waals surface area contributed by atoms with Gasteiger partial charge in [0.25, 0.3) is 10.0 Å². The summed E-state index contributed by atoms with van der Waals surface area (Å²) in [5.74, 6) is 0.886. The number of anilines is 1. The Kier molecular flexibility index (Phi) is 5.65. The van der Waals surface area contributed by atoms with Gasteiger partial charge in [-0.15, -0.1) is 6.58 Å². The first-order chi connectivity index (χ1) is 13.8. The van der Waals surface area contributed by atoms with E-state index < -0.39 is 10.0 Å². The quantitative estimate of drug-likeness (QED) is 0.435. The van der Waals surface area contributed by atoms with Crippen molar-refractivity contribution < 1.29 is 27.1 Å². The molecule has 0 aliphatic carbocycles. The average Bonchev–Trinajstić information content (AvgIpc) is 3.02. The first-order valence-corrected chi connectivity index (χ1v) is 10.2. The van der Waals surface area contributed by atoms with Crippen LogP contribution in [0.25, 0.3) is 11.0 Å². The molecule has 0 unspecified atom stereocenters. The van der Waals surface area contributed by atoms with Gasteiger partial charge < -0.3 is 13.9 Å². The Morgan fingerprint density at radius 2 is 1.93 bits per heavy atom. The number of rotatable bonds is 8. The van der Waals surface area contributed by atoms with Crippen molar-refractivity contribution >= 4 is 32.5 Å². The predicted octanol–water partition coefficient (Wildman–Crippen LogP) is 4.32. The Hall–Kier alpha value is -3.26. The minimum absolute atomic E-state index is 0.0641. The molecule has 0 bridgehead atoms. The zero-order valence-corrected chi connectivity index (χ0v) is 17.1. The molecule has 7 nitrogen and oxygen atoms in total. The van der Waals surface area contributed by atoms with Gasteiger partial charge in [-0.1, -0.05) is 6.08 Å². The summed E-state index contributed by atoms with van der Waals surface area (Å²) in [5.41, 5.74) is 1.20. The zero-order chi connectivity index (χ0) is 21.2. The van der Waals surface area contributed by atoms with E-state index >= 15 is 0 Å². The number of aryl methyl sites for hydroxylation is 1. The number of ketones is 1. The van der Waals surface area contributed by atoms with E-state index in [-0.39, 0.29) is 28.5 Å². The molecule has 0 radical (unpaired) electrons. The van der Waals surface area contributed by atoms with Crippen molar-refractivity contribution in [3.63, 3.8) is 0 Å². The van der Waals surface area contributed by atoms with Crippen LogP contribution in [0.1, 0.15) is 22.5 Å². The predicted molar refractivity (Wildman–Crippen MR) is 110 cm³/mol. The van der Waals surface area contributed by atoms with Crippen molar-refractivity contribution in [2.24, 2.45) is 0 Å². The highest BCUT2D eigenvalue weighted by Gasteiger charge is 2.22. The number of nitrogens with one attached hydrogen (secondary N) is 1. The van der Waals surface area contributed by atoms with Crippen LogP contribution >= 0.6 is 0 Å². The molecule has 152 valence electrons. The number of benzene rings is 2. The minimum Gasteiger partial charge on any atom is -0.497 e. The molecule has 0 atom stereocenters. The van der Waals surface area contributed by atoms with Crippen LogP contribution in [0.5, 0.6) is 11.5 Å². The molecular weight excluding hydrogens is 394 g/mol. The molecule has 0 aliphatic heterocycles. The van der Waals surface area contributed by atoms with Gasteiger partial charge in [0.05, 0.1) is 19.8 Å². The highest BCUT2D eigenvalue weighted by atomic mass is 32.2. The Bertz CT molecular complexity index is 1190. The molecule has 0 spiro atoms. The molecule has 8 heteroatoms. The first-order valence-electron chi connectivity index (χ1n) is 8.72. The van der Waals surface area contributed by atoms with Gasteiger partial charge in [0.15, 0.2) is 5.78 Å². The van der Waals surface area contributed by atoms with Crippen LogP contribution in [0.3, 0.4) is 0 Å². The molecule has 0 saturated carbocycles. The molecule has 1 N–H and O–H groups in total. The van der Waals surface area contributed by atoms with E-state index in [1.54, 1.807) is 31.2 Å². The second-order valence-corrected chi connectivity index (χ2v) is 7.93. The number of hydrogen-bond acceptors (Lipinski definition) is 6. The third-order valence-electron chi connectivity index (χ3n) is 4.39.